The maximum atomic E-state index is 13.7. The van der Waals surface area contributed by atoms with Crippen molar-refractivity contribution in [1.29, 1.82) is 0 Å². The lowest BCUT2D eigenvalue weighted by Gasteiger charge is -2.56. The van der Waals surface area contributed by atoms with Crippen LogP contribution in [0.5, 0.6) is 5.75 Å². The summed E-state index contributed by atoms with van der Waals surface area (Å²) in [6.45, 7) is -0.787. The summed E-state index contributed by atoms with van der Waals surface area (Å²) in [7, 11) is 1.34. The number of β-lactam (4-membered cyclic amide) rings is 1. The molecule has 0 aliphatic carbocycles. The van der Waals surface area contributed by atoms with Gasteiger partial charge in [-0.1, -0.05) is 23.9 Å². The number of phenolic OH excluding ortho intramolecular Hbond substituents is 1. The van der Waals surface area contributed by atoms with Crippen LogP contribution >= 0.6 is 23.5 Å². The number of para-hydroxylation sites is 2. The van der Waals surface area contributed by atoms with Crippen molar-refractivity contribution in [2.45, 2.75) is 16.6 Å². The van der Waals surface area contributed by atoms with E-state index in [0.29, 0.717) is 11.0 Å². The number of rotatable bonds is 8. The molecule has 0 bridgehead atoms. The lowest BCUT2D eigenvalue weighted by atomic mass is 9.89. The van der Waals surface area contributed by atoms with Crippen molar-refractivity contribution in [2.24, 2.45) is 12.5 Å². The number of nitrogens with zero attached hydrogens (tertiary/aromatic N) is 5. The van der Waals surface area contributed by atoms with Crippen LogP contribution < -0.4 is 27.0 Å². The van der Waals surface area contributed by atoms with Gasteiger partial charge < -0.3 is 25.4 Å². The van der Waals surface area contributed by atoms with Crippen molar-refractivity contribution in [3.63, 3.8) is 0 Å². The van der Waals surface area contributed by atoms with Crippen LogP contribution in [0.15, 0.2) is 68.1 Å². The van der Waals surface area contributed by atoms with Gasteiger partial charge in [-0.2, -0.15) is 0 Å². The van der Waals surface area contributed by atoms with Crippen molar-refractivity contribution >= 4 is 64.1 Å². The van der Waals surface area contributed by atoms with E-state index in [2.05, 4.69) is 20.5 Å². The molecule has 4 heterocycles. The Morgan fingerprint density at radius 3 is 2.57 bits per heavy atom. The van der Waals surface area contributed by atoms with E-state index >= 15 is 0 Å². The summed E-state index contributed by atoms with van der Waals surface area (Å²) in [5.41, 5.74) is -2.94. The number of H-pyrrole nitrogens is 2. The molecular weight excluding hydrogens is 656 g/mol. The molecule has 47 heavy (non-hydrogen) atoms. The smallest absolute Gasteiger partial charge is 0.334 e. The standard InChI is InChI=1S/C28H26N8O9S2/c1-33-22(41)20(39)31-32-27(33)47-13-28(24(42)43)11-34-21(40)19(23(34)46-12-28)35(14-6-8-15(37)9-7-14)18(38)10-29-25(44)36-17-5-3-2-4-16(17)30-26(36)45/h2-9,19,23,37H,10-13H2,1H3,(H,29,44)(H,30,45)(H,31,39)(H,42,43)/t19?,23-,28?/m1/s1. The molecule has 19 heteroatoms. The molecule has 4 aromatic rings. The number of hydrogen-bond acceptors (Lipinski definition) is 11. The number of imidazole rings is 1. The number of hydrogen-bond donors (Lipinski definition) is 5. The molecule has 2 aromatic heterocycles. The van der Waals surface area contributed by atoms with Crippen molar-refractivity contribution in [3.05, 3.63) is 79.7 Å². The van der Waals surface area contributed by atoms with Crippen molar-refractivity contribution in [3.8, 4) is 5.75 Å². The first kappa shape index (κ1) is 31.7. The topological polar surface area (TPSA) is 233 Å². The van der Waals surface area contributed by atoms with Crippen LogP contribution in [-0.2, 0) is 21.4 Å². The zero-order chi connectivity index (χ0) is 33.6. The molecule has 0 radical (unpaired) electrons. The molecule has 2 fully saturated rings. The lowest BCUT2D eigenvalue weighted by molar-refractivity contribution is -0.156. The average molecular weight is 683 g/mol. The summed E-state index contributed by atoms with van der Waals surface area (Å²) < 4.78 is 1.86. The fourth-order valence-electron chi connectivity index (χ4n) is 5.42. The van der Waals surface area contributed by atoms with E-state index in [1.807, 2.05) is 0 Å². The SMILES string of the molecule is Cn1c(SCC2(C(=O)O)CS[C@@H]3C(N(C(=O)CNC(=O)n4c(=O)[nH]c5ccccc54)c4ccc(O)cc4)C(=O)N3C2)n[nH]c(=O)c1=O. The van der Waals surface area contributed by atoms with Gasteiger partial charge in [0.15, 0.2) is 5.16 Å². The molecule has 17 nitrogen and oxygen atoms in total. The summed E-state index contributed by atoms with van der Waals surface area (Å²) in [6, 6.07) is 10.1. The van der Waals surface area contributed by atoms with Gasteiger partial charge in [-0.25, -0.2) is 19.3 Å². The Morgan fingerprint density at radius 1 is 1.13 bits per heavy atom. The summed E-state index contributed by atoms with van der Waals surface area (Å²) in [5.74, 6) is -2.53. The Balaban J connectivity index is 1.21. The molecule has 2 saturated heterocycles. The first-order chi connectivity index (χ1) is 22.4. The Kier molecular flexibility index (Phi) is 8.18. The summed E-state index contributed by atoms with van der Waals surface area (Å²) in [4.78, 5) is 94.0. The fraction of sp³-hybridized carbons (Fsp3) is 0.286. The number of benzene rings is 2. The highest BCUT2D eigenvalue weighted by atomic mass is 32.2. The first-order valence-electron chi connectivity index (χ1n) is 13.9. The molecule has 2 unspecified atom stereocenters. The van der Waals surface area contributed by atoms with Crippen molar-refractivity contribution < 1.29 is 29.4 Å². The molecule has 2 aliphatic heterocycles. The largest absolute Gasteiger partial charge is 0.508 e. The van der Waals surface area contributed by atoms with Gasteiger partial charge >= 0.3 is 28.8 Å². The molecule has 3 amide bonds. The number of aromatic nitrogens is 5. The third-order valence-corrected chi connectivity index (χ3v) is 10.8. The maximum absolute atomic E-state index is 13.7. The number of aromatic amines is 2. The lowest BCUT2D eigenvalue weighted by Crippen LogP contribution is -2.75. The quantitative estimate of drug-likeness (QED) is 0.0904. The molecule has 5 N–H and O–H groups in total. The van der Waals surface area contributed by atoms with Crippen molar-refractivity contribution in [2.75, 3.05) is 29.5 Å². The van der Waals surface area contributed by atoms with Gasteiger partial charge in [-0.05, 0) is 36.4 Å². The van der Waals surface area contributed by atoms with Crippen LogP contribution in [0, 0.1) is 5.41 Å². The third-order valence-electron chi connectivity index (χ3n) is 7.95. The second-order valence-electron chi connectivity index (χ2n) is 10.9. The predicted octanol–water partition coefficient (Wildman–Crippen LogP) is -0.445. The number of carbonyl (C=O) groups is 4. The zero-order valence-electron chi connectivity index (χ0n) is 24.4. The summed E-state index contributed by atoms with van der Waals surface area (Å²) in [6.07, 6.45) is 0. The number of nitrogens with one attached hydrogen (secondary N) is 3. The number of carboxylic acids is 1. The van der Waals surface area contributed by atoms with Crippen LogP contribution in [0.1, 0.15) is 0 Å². The molecule has 2 aliphatic rings. The van der Waals surface area contributed by atoms with Gasteiger partial charge in [0.1, 0.15) is 22.6 Å². The van der Waals surface area contributed by atoms with E-state index in [4.69, 9.17) is 0 Å². The number of carbonyl (C=O) groups excluding carboxylic acids is 3. The minimum atomic E-state index is -1.45. The molecule has 0 spiro atoms. The fourth-order valence-corrected chi connectivity index (χ4v) is 8.25. The van der Waals surface area contributed by atoms with Crippen LogP contribution in [0.4, 0.5) is 10.5 Å². The first-order valence-corrected chi connectivity index (χ1v) is 16.0. The molecule has 244 valence electrons. The molecule has 0 saturated carbocycles. The number of carboxylic acid groups (broad SMARTS) is 1. The Bertz CT molecular complexity index is 2110. The number of thioether (sulfide) groups is 2. The second kappa shape index (κ2) is 12.1. The van der Waals surface area contributed by atoms with E-state index < -0.39 is 64.0 Å². The monoisotopic (exact) mass is 682 g/mol. The Morgan fingerprint density at radius 2 is 1.85 bits per heavy atom. The number of aliphatic carboxylic acids is 1. The number of phenols is 1. The highest BCUT2D eigenvalue weighted by Crippen LogP contribution is 2.46. The van der Waals surface area contributed by atoms with Gasteiger partial charge in [0.2, 0.25) is 11.8 Å². The average Bonchev–Trinajstić information content (AvgIpc) is 3.40. The molecule has 6 rings (SSSR count). The number of anilines is 1. The number of amides is 3. The van der Waals surface area contributed by atoms with Crippen LogP contribution in [0.3, 0.4) is 0 Å². The van der Waals surface area contributed by atoms with Gasteiger partial charge in [-0.15, -0.1) is 16.9 Å². The Labute approximate surface area is 271 Å². The second-order valence-corrected chi connectivity index (χ2v) is 13.0. The number of aromatic hydroxyl groups is 1. The highest BCUT2D eigenvalue weighted by molar-refractivity contribution is 8.00. The van der Waals surface area contributed by atoms with Gasteiger partial charge in [0.05, 0.1) is 17.6 Å². The van der Waals surface area contributed by atoms with Crippen LogP contribution in [-0.4, -0.2) is 99.3 Å². The zero-order valence-corrected chi connectivity index (χ0v) is 26.0. The minimum absolute atomic E-state index is 0.0371. The highest BCUT2D eigenvalue weighted by Gasteiger charge is 2.59. The van der Waals surface area contributed by atoms with Gasteiger partial charge in [-0.3, -0.25) is 33.4 Å². The van der Waals surface area contributed by atoms with E-state index in [1.165, 1.54) is 41.1 Å². The van der Waals surface area contributed by atoms with E-state index in [0.717, 1.165) is 32.7 Å². The van der Waals surface area contributed by atoms with E-state index in [-0.39, 0.29) is 34.6 Å². The van der Waals surface area contributed by atoms with Crippen LogP contribution in [0.2, 0.25) is 0 Å². The van der Waals surface area contributed by atoms with Gasteiger partial charge in [0, 0.05) is 30.8 Å². The summed E-state index contributed by atoms with van der Waals surface area (Å²) >= 11 is 2.11. The van der Waals surface area contributed by atoms with Crippen LogP contribution in [0.25, 0.3) is 11.0 Å². The normalized spacial score (nSPS) is 20.4. The van der Waals surface area contributed by atoms with E-state index in [1.54, 1.807) is 24.3 Å². The summed E-state index contributed by atoms with van der Waals surface area (Å²) in [5, 5.41) is 27.9. The molecule has 3 atom stereocenters. The third kappa shape index (κ3) is 5.56. The predicted molar refractivity (Wildman–Crippen MR) is 170 cm³/mol. The Hall–Kier alpha value is -5.30. The molecule has 2 aromatic carbocycles. The minimum Gasteiger partial charge on any atom is -0.508 e. The number of fused-ring (bicyclic) bond motifs is 2. The van der Waals surface area contributed by atoms with E-state index in [9.17, 15) is 43.8 Å². The van der Waals surface area contributed by atoms with Crippen molar-refractivity contribution in [1.82, 2.24) is 34.5 Å². The molecular formula is C28H26N8O9S2. The maximum Gasteiger partial charge on any atom is 0.334 e. The van der Waals surface area contributed by atoms with Gasteiger partial charge in [0.25, 0.3) is 0 Å².